The van der Waals surface area contributed by atoms with Crippen LogP contribution in [-0.2, 0) is 0 Å². The number of rotatable bonds is 3. The van der Waals surface area contributed by atoms with Crippen molar-refractivity contribution in [2.75, 3.05) is 0 Å². The standard InChI is InChI=1S/C9H13IN2OS/c1-5(2)6(3)14-9-7(10)8(13)11-4-12-9/h4-6H,1-3H3,(H,11,12,13). The summed E-state index contributed by atoms with van der Waals surface area (Å²) in [5, 5.41) is 1.30. The molecule has 1 N–H and O–H groups in total. The van der Waals surface area contributed by atoms with Gasteiger partial charge in [-0.3, -0.25) is 4.79 Å². The first-order chi connectivity index (χ1) is 6.52. The second-order valence-corrected chi connectivity index (χ2v) is 5.86. The summed E-state index contributed by atoms with van der Waals surface area (Å²) in [6, 6.07) is 0. The van der Waals surface area contributed by atoms with E-state index in [1.807, 2.05) is 22.6 Å². The number of H-pyrrole nitrogens is 1. The Morgan fingerprint density at radius 2 is 2.14 bits per heavy atom. The van der Waals surface area contributed by atoms with Crippen molar-refractivity contribution in [3.8, 4) is 0 Å². The molecule has 3 nitrogen and oxygen atoms in total. The summed E-state index contributed by atoms with van der Waals surface area (Å²) in [6.07, 6.45) is 1.46. The highest BCUT2D eigenvalue weighted by atomic mass is 127. The highest BCUT2D eigenvalue weighted by Crippen LogP contribution is 2.27. The van der Waals surface area contributed by atoms with Crippen LogP contribution in [0.5, 0.6) is 0 Å². The summed E-state index contributed by atoms with van der Waals surface area (Å²) in [6.45, 7) is 6.48. The molecule has 0 aliphatic carbocycles. The first kappa shape index (κ1) is 12.0. The number of nitrogens with zero attached hydrogens (tertiary/aromatic N) is 1. The number of aromatic nitrogens is 2. The molecule has 1 rings (SSSR count). The third-order valence-corrected chi connectivity index (χ3v) is 4.82. The zero-order chi connectivity index (χ0) is 10.7. The van der Waals surface area contributed by atoms with Crippen molar-refractivity contribution in [2.45, 2.75) is 31.0 Å². The van der Waals surface area contributed by atoms with Crippen molar-refractivity contribution in [3.05, 3.63) is 20.3 Å². The molecule has 0 radical (unpaired) electrons. The number of hydrogen-bond acceptors (Lipinski definition) is 3. The molecule has 0 aliphatic rings. The molecule has 1 aromatic heterocycles. The molecule has 5 heteroatoms. The fourth-order valence-corrected chi connectivity index (χ4v) is 2.37. The number of nitrogens with one attached hydrogen (secondary N) is 1. The summed E-state index contributed by atoms with van der Waals surface area (Å²) in [4.78, 5) is 18.0. The second-order valence-electron chi connectivity index (χ2n) is 3.42. The summed E-state index contributed by atoms with van der Waals surface area (Å²) < 4.78 is 0.683. The Kier molecular flexibility index (Phi) is 4.43. The Labute approximate surface area is 101 Å². The van der Waals surface area contributed by atoms with Gasteiger partial charge in [-0.05, 0) is 28.5 Å². The van der Waals surface area contributed by atoms with Crippen molar-refractivity contribution in [2.24, 2.45) is 5.92 Å². The van der Waals surface area contributed by atoms with E-state index in [2.05, 4.69) is 30.7 Å². The third kappa shape index (κ3) is 2.98. The topological polar surface area (TPSA) is 45.8 Å². The third-order valence-electron chi connectivity index (χ3n) is 2.00. The van der Waals surface area contributed by atoms with E-state index < -0.39 is 0 Å². The molecule has 0 fully saturated rings. The van der Waals surface area contributed by atoms with Crippen LogP contribution in [0.25, 0.3) is 0 Å². The molecule has 14 heavy (non-hydrogen) atoms. The molecule has 0 bridgehead atoms. The van der Waals surface area contributed by atoms with Crippen LogP contribution in [0.4, 0.5) is 0 Å². The van der Waals surface area contributed by atoms with Gasteiger partial charge in [-0.15, -0.1) is 11.8 Å². The lowest BCUT2D eigenvalue weighted by molar-refractivity contribution is 0.641. The van der Waals surface area contributed by atoms with Gasteiger partial charge in [0.15, 0.2) is 0 Å². The summed E-state index contributed by atoms with van der Waals surface area (Å²) in [7, 11) is 0. The van der Waals surface area contributed by atoms with Crippen LogP contribution in [0.2, 0.25) is 0 Å². The largest absolute Gasteiger partial charge is 0.312 e. The quantitative estimate of drug-likeness (QED) is 0.528. The first-order valence-electron chi connectivity index (χ1n) is 4.42. The molecule has 1 atom stereocenters. The lowest BCUT2D eigenvalue weighted by Crippen LogP contribution is -2.13. The minimum atomic E-state index is -0.0564. The average molecular weight is 324 g/mol. The van der Waals surface area contributed by atoms with Crippen LogP contribution >= 0.6 is 34.4 Å². The normalized spacial score (nSPS) is 13.2. The maximum Gasteiger partial charge on any atom is 0.265 e. The van der Waals surface area contributed by atoms with E-state index in [0.717, 1.165) is 5.03 Å². The van der Waals surface area contributed by atoms with Crippen LogP contribution in [0.3, 0.4) is 0 Å². The predicted molar refractivity (Wildman–Crippen MR) is 67.7 cm³/mol. The molecule has 1 aromatic rings. The van der Waals surface area contributed by atoms with Crippen LogP contribution in [0.1, 0.15) is 20.8 Å². The SMILES string of the molecule is CC(C)C(C)Sc1nc[nH]c(=O)c1I. The Hall–Kier alpha value is -0.0400. The predicted octanol–water partition coefficient (Wildman–Crippen LogP) is 2.51. The molecule has 0 spiro atoms. The van der Waals surface area contributed by atoms with E-state index in [-0.39, 0.29) is 5.56 Å². The minimum Gasteiger partial charge on any atom is -0.312 e. The van der Waals surface area contributed by atoms with Crippen molar-refractivity contribution in [1.82, 2.24) is 9.97 Å². The van der Waals surface area contributed by atoms with Crippen LogP contribution < -0.4 is 5.56 Å². The second kappa shape index (κ2) is 5.16. The lowest BCUT2D eigenvalue weighted by atomic mass is 10.2. The maximum absolute atomic E-state index is 11.3. The van der Waals surface area contributed by atoms with Crippen molar-refractivity contribution in [3.63, 3.8) is 0 Å². The van der Waals surface area contributed by atoms with Crippen LogP contribution in [0, 0.1) is 9.49 Å². The van der Waals surface area contributed by atoms with Crippen molar-refractivity contribution < 1.29 is 0 Å². The molecule has 0 saturated carbocycles. The minimum absolute atomic E-state index is 0.0564. The number of thioether (sulfide) groups is 1. The van der Waals surface area contributed by atoms with Gasteiger partial charge in [-0.2, -0.15) is 0 Å². The van der Waals surface area contributed by atoms with Gasteiger partial charge >= 0.3 is 0 Å². The lowest BCUT2D eigenvalue weighted by Gasteiger charge is -2.14. The zero-order valence-corrected chi connectivity index (χ0v) is 11.3. The van der Waals surface area contributed by atoms with E-state index in [4.69, 9.17) is 0 Å². The monoisotopic (exact) mass is 324 g/mol. The van der Waals surface area contributed by atoms with Crippen LogP contribution in [0.15, 0.2) is 16.1 Å². The van der Waals surface area contributed by atoms with E-state index in [1.165, 1.54) is 6.33 Å². The average Bonchev–Trinajstić information content (AvgIpc) is 2.12. The molecule has 78 valence electrons. The van der Waals surface area contributed by atoms with Gasteiger partial charge < -0.3 is 4.98 Å². The highest BCUT2D eigenvalue weighted by molar-refractivity contribution is 14.1. The van der Waals surface area contributed by atoms with Gasteiger partial charge in [0.25, 0.3) is 5.56 Å². The molecule has 1 heterocycles. The van der Waals surface area contributed by atoms with E-state index >= 15 is 0 Å². The maximum atomic E-state index is 11.3. The van der Waals surface area contributed by atoms with Gasteiger partial charge in [0, 0.05) is 5.25 Å². The fourth-order valence-electron chi connectivity index (χ4n) is 0.761. The number of halogens is 1. The van der Waals surface area contributed by atoms with Crippen molar-refractivity contribution >= 4 is 34.4 Å². The number of hydrogen-bond donors (Lipinski definition) is 1. The van der Waals surface area contributed by atoms with Crippen molar-refractivity contribution in [1.29, 1.82) is 0 Å². The van der Waals surface area contributed by atoms with Gasteiger partial charge in [0.2, 0.25) is 0 Å². The molecule has 0 aliphatic heterocycles. The molecule has 1 unspecified atom stereocenters. The Morgan fingerprint density at radius 1 is 1.50 bits per heavy atom. The highest BCUT2D eigenvalue weighted by Gasteiger charge is 2.13. The fraction of sp³-hybridized carbons (Fsp3) is 0.556. The van der Waals surface area contributed by atoms with E-state index in [9.17, 15) is 4.79 Å². The Morgan fingerprint density at radius 3 is 2.71 bits per heavy atom. The van der Waals surface area contributed by atoms with E-state index in [1.54, 1.807) is 11.8 Å². The van der Waals surface area contributed by atoms with Gasteiger partial charge in [-0.1, -0.05) is 20.8 Å². The zero-order valence-electron chi connectivity index (χ0n) is 8.37. The molecular weight excluding hydrogens is 311 g/mol. The molecule has 0 aromatic carbocycles. The van der Waals surface area contributed by atoms with Gasteiger partial charge in [-0.25, -0.2) is 4.98 Å². The first-order valence-corrected chi connectivity index (χ1v) is 6.38. The van der Waals surface area contributed by atoms with E-state index in [0.29, 0.717) is 14.7 Å². The summed E-state index contributed by atoms with van der Waals surface area (Å²) >= 11 is 3.69. The van der Waals surface area contributed by atoms with Gasteiger partial charge in [0.1, 0.15) is 8.60 Å². The molecule has 0 saturated heterocycles. The van der Waals surface area contributed by atoms with Gasteiger partial charge in [0.05, 0.1) is 6.33 Å². The van der Waals surface area contributed by atoms with Crippen LogP contribution in [-0.4, -0.2) is 15.2 Å². The summed E-state index contributed by atoms with van der Waals surface area (Å²) in [5.74, 6) is 0.580. The Balaban J connectivity index is 2.87. The number of aromatic amines is 1. The smallest absolute Gasteiger partial charge is 0.265 e. The molecular formula is C9H13IN2OS. The Bertz CT molecular complexity index is 364. The summed E-state index contributed by atoms with van der Waals surface area (Å²) in [5.41, 5.74) is -0.0564. The molecule has 0 amide bonds.